The van der Waals surface area contributed by atoms with Crippen LogP contribution in [0, 0.1) is 11.8 Å². The van der Waals surface area contributed by atoms with Crippen molar-refractivity contribution >= 4 is 28.9 Å². The Morgan fingerprint density at radius 3 is 2.80 bits per heavy atom. The molecule has 0 bridgehead atoms. The van der Waals surface area contributed by atoms with Crippen LogP contribution in [0.2, 0.25) is 5.28 Å². The van der Waals surface area contributed by atoms with Crippen molar-refractivity contribution in [1.82, 2.24) is 29.7 Å². The average molecular weight is 435 g/mol. The highest BCUT2D eigenvalue weighted by molar-refractivity contribution is 6.28. The first-order valence-corrected chi connectivity index (χ1v) is 10.3. The van der Waals surface area contributed by atoms with Crippen molar-refractivity contribution in [2.24, 2.45) is 7.05 Å². The number of piperidine rings is 1. The Morgan fingerprint density at radius 1 is 1.40 bits per heavy atom. The number of nitrogens with zero attached hydrogens (tertiary/aromatic N) is 4. The Balaban J connectivity index is 2.05. The lowest BCUT2D eigenvalue weighted by Gasteiger charge is -2.33. The summed E-state index contributed by atoms with van der Waals surface area (Å²) in [6.45, 7) is 8.22. The molecule has 0 aromatic carbocycles. The predicted octanol–water partition coefficient (Wildman–Crippen LogP) is 2.12. The van der Waals surface area contributed by atoms with Crippen molar-refractivity contribution < 1.29 is 9.53 Å². The lowest BCUT2D eigenvalue weighted by Crippen LogP contribution is -2.50. The Bertz CT molecular complexity index is 1070. The third-order valence-electron chi connectivity index (χ3n) is 4.81. The van der Waals surface area contributed by atoms with Crippen molar-refractivity contribution in [3.63, 3.8) is 0 Å². The molecular formula is C20H27ClN6O3. The molecule has 0 saturated carbocycles. The first kappa shape index (κ1) is 22.1. The summed E-state index contributed by atoms with van der Waals surface area (Å²) in [5.74, 6) is 6.43. The van der Waals surface area contributed by atoms with Crippen molar-refractivity contribution in [2.45, 2.75) is 64.8 Å². The highest BCUT2D eigenvalue weighted by Crippen LogP contribution is 2.26. The topological polar surface area (TPSA) is 103 Å². The SMILES string of the molecule is CC#CCn1c(C2NCCCC2NC(=O)OC(C)(C)C)nc2nc(Cl)n(C)c(=O)c21. The number of hydrogen-bond donors (Lipinski definition) is 2. The largest absolute Gasteiger partial charge is 0.444 e. The summed E-state index contributed by atoms with van der Waals surface area (Å²) in [4.78, 5) is 34.1. The highest BCUT2D eigenvalue weighted by atomic mass is 35.5. The second kappa shape index (κ2) is 8.66. The van der Waals surface area contributed by atoms with Gasteiger partial charge in [-0.25, -0.2) is 9.78 Å². The molecule has 10 heteroatoms. The van der Waals surface area contributed by atoms with E-state index >= 15 is 0 Å². The van der Waals surface area contributed by atoms with E-state index in [0.717, 1.165) is 19.4 Å². The number of aromatic nitrogens is 4. The number of nitrogens with one attached hydrogen (secondary N) is 2. The Hall–Kier alpha value is -2.57. The molecule has 9 nitrogen and oxygen atoms in total. The van der Waals surface area contributed by atoms with E-state index in [4.69, 9.17) is 16.3 Å². The zero-order chi connectivity index (χ0) is 22.1. The number of amides is 1. The number of rotatable bonds is 3. The molecule has 3 heterocycles. The molecule has 162 valence electrons. The van der Waals surface area contributed by atoms with Gasteiger partial charge in [0, 0.05) is 7.05 Å². The highest BCUT2D eigenvalue weighted by Gasteiger charge is 2.33. The Morgan fingerprint density at radius 2 is 2.13 bits per heavy atom. The number of fused-ring (bicyclic) bond motifs is 1. The molecule has 2 atom stereocenters. The average Bonchev–Trinajstić information content (AvgIpc) is 3.01. The van der Waals surface area contributed by atoms with Crippen LogP contribution in [0.1, 0.15) is 52.4 Å². The van der Waals surface area contributed by atoms with Gasteiger partial charge in [0.2, 0.25) is 5.28 Å². The molecule has 2 N–H and O–H groups in total. The molecule has 0 radical (unpaired) electrons. The van der Waals surface area contributed by atoms with Crippen molar-refractivity contribution in [3.8, 4) is 11.8 Å². The molecule has 0 spiro atoms. The van der Waals surface area contributed by atoms with Gasteiger partial charge >= 0.3 is 6.09 Å². The van der Waals surface area contributed by atoms with E-state index in [9.17, 15) is 9.59 Å². The minimum Gasteiger partial charge on any atom is -0.444 e. The molecule has 0 aliphatic carbocycles. The standard InChI is InChI=1S/C20H27ClN6O3/c1-6-7-11-27-14-15(25-18(21)26(5)17(14)28)24-16(27)13-12(9-8-10-22-13)23-19(29)30-20(2,3)4/h12-13,22H,8-11H2,1-5H3,(H,23,29). The van der Waals surface area contributed by atoms with E-state index in [1.54, 1.807) is 18.5 Å². The van der Waals surface area contributed by atoms with Crippen LogP contribution in [0.3, 0.4) is 0 Å². The maximum atomic E-state index is 12.9. The van der Waals surface area contributed by atoms with E-state index < -0.39 is 11.7 Å². The van der Waals surface area contributed by atoms with Gasteiger partial charge in [-0.1, -0.05) is 5.92 Å². The number of hydrogen-bond acceptors (Lipinski definition) is 6. The Kier molecular flexibility index (Phi) is 6.38. The molecule has 2 aromatic rings. The number of ether oxygens (including phenoxy) is 1. The van der Waals surface area contributed by atoms with Gasteiger partial charge in [0.25, 0.3) is 5.56 Å². The lowest BCUT2D eigenvalue weighted by molar-refractivity contribution is 0.0479. The van der Waals surface area contributed by atoms with Crippen LogP contribution >= 0.6 is 11.6 Å². The van der Waals surface area contributed by atoms with Gasteiger partial charge in [-0.05, 0) is 58.7 Å². The summed E-state index contributed by atoms with van der Waals surface area (Å²) in [7, 11) is 1.56. The summed E-state index contributed by atoms with van der Waals surface area (Å²) in [6, 6.07) is -0.597. The molecular weight excluding hydrogens is 408 g/mol. The van der Waals surface area contributed by atoms with Gasteiger partial charge in [0.05, 0.1) is 18.6 Å². The number of halogens is 1. The van der Waals surface area contributed by atoms with Crippen LogP contribution in [-0.4, -0.2) is 43.4 Å². The van der Waals surface area contributed by atoms with Gasteiger partial charge in [-0.15, -0.1) is 5.92 Å². The minimum absolute atomic E-state index is 0.0605. The number of carbonyl (C=O) groups excluding carboxylic acids is 1. The third-order valence-corrected chi connectivity index (χ3v) is 5.15. The zero-order valence-corrected chi connectivity index (χ0v) is 18.6. The normalized spacial score (nSPS) is 19.3. The van der Waals surface area contributed by atoms with Crippen molar-refractivity contribution in [1.29, 1.82) is 0 Å². The van der Waals surface area contributed by atoms with Crippen LogP contribution < -0.4 is 16.2 Å². The molecule has 3 rings (SSSR count). The molecule has 2 aromatic heterocycles. The van der Waals surface area contributed by atoms with E-state index in [-0.39, 0.29) is 35.1 Å². The fraction of sp³-hybridized carbons (Fsp3) is 0.600. The van der Waals surface area contributed by atoms with Crippen LogP contribution in [0.25, 0.3) is 11.2 Å². The lowest BCUT2D eigenvalue weighted by atomic mass is 9.97. The van der Waals surface area contributed by atoms with Gasteiger partial charge in [-0.3, -0.25) is 9.36 Å². The molecule has 1 aliphatic heterocycles. The Labute approximate surface area is 180 Å². The smallest absolute Gasteiger partial charge is 0.407 e. The summed E-state index contributed by atoms with van der Waals surface area (Å²) in [5, 5.41) is 6.42. The summed E-state index contributed by atoms with van der Waals surface area (Å²) in [6.07, 6.45) is 1.14. The number of alkyl carbamates (subject to hydrolysis) is 1. The third kappa shape index (κ3) is 4.60. The first-order valence-electron chi connectivity index (χ1n) is 9.87. The van der Waals surface area contributed by atoms with E-state index in [1.165, 1.54) is 4.57 Å². The first-order chi connectivity index (χ1) is 14.1. The summed E-state index contributed by atoms with van der Waals surface area (Å²) < 4.78 is 8.45. The minimum atomic E-state index is -0.599. The molecule has 1 aliphatic rings. The van der Waals surface area contributed by atoms with Gasteiger partial charge in [-0.2, -0.15) is 4.98 Å². The maximum Gasteiger partial charge on any atom is 0.407 e. The van der Waals surface area contributed by atoms with Crippen molar-refractivity contribution in [2.75, 3.05) is 6.54 Å². The summed E-state index contributed by atoms with van der Waals surface area (Å²) in [5.41, 5.74) is -0.296. The van der Waals surface area contributed by atoms with Crippen LogP contribution in [0.15, 0.2) is 4.79 Å². The van der Waals surface area contributed by atoms with Crippen LogP contribution in [0.5, 0.6) is 0 Å². The number of carbonyl (C=O) groups is 1. The predicted molar refractivity (Wildman–Crippen MR) is 114 cm³/mol. The van der Waals surface area contributed by atoms with Gasteiger partial charge in [0.15, 0.2) is 11.2 Å². The quantitative estimate of drug-likeness (QED) is 0.566. The second-order valence-electron chi connectivity index (χ2n) is 8.23. The van der Waals surface area contributed by atoms with E-state index in [2.05, 4.69) is 32.4 Å². The van der Waals surface area contributed by atoms with E-state index in [1.807, 2.05) is 20.8 Å². The molecule has 1 fully saturated rings. The fourth-order valence-electron chi connectivity index (χ4n) is 3.48. The zero-order valence-electron chi connectivity index (χ0n) is 17.9. The van der Waals surface area contributed by atoms with Gasteiger partial charge in [0.1, 0.15) is 11.4 Å². The molecule has 30 heavy (non-hydrogen) atoms. The molecule has 2 unspecified atom stereocenters. The fourth-order valence-corrected chi connectivity index (χ4v) is 3.64. The van der Waals surface area contributed by atoms with Crippen molar-refractivity contribution in [3.05, 3.63) is 21.5 Å². The number of imidazole rings is 1. The molecule has 1 amide bonds. The maximum absolute atomic E-state index is 12.9. The van der Waals surface area contributed by atoms with E-state index in [0.29, 0.717) is 11.3 Å². The van der Waals surface area contributed by atoms with Gasteiger partial charge < -0.3 is 19.9 Å². The monoisotopic (exact) mass is 434 g/mol. The van der Waals surface area contributed by atoms with Crippen LogP contribution in [0.4, 0.5) is 4.79 Å². The molecule has 1 saturated heterocycles. The van der Waals surface area contributed by atoms with Crippen LogP contribution in [-0.2, 0) is 18.3 Å². The summed E-state index contributed by atoms with van der Waals surface area (Å²) >= 11 is 6.09. The second-order valence-corrected chi connectivity index (χ2v) is 8.56.